The number of carbonyl (C=O) groups excluding carboxylic acids is 1. The molecule has 11 heteroatoms. The fourth-order valence-corrected chi connectivity index (χ4v) is 6.25. The first-order chi connectivity index (χ1) is 19.4. The summed E-state index contributed by atoms with van der Waals surface area (Å²) in [6.07, 6.45) is 1.47. The average Bonchev–Trinajstić information content (AvgIpc) is 2.93. The van der Waals surface area contributed by atoms with Crippen LogP contribution in [-0.2, 0) is 24.9 Å². The average molecular weight is 594 g/mol. The zero-order valence-electron chi connectivity index (χ0n) is 22.8. The van der Waals surface area contributed by atoms with Crippen molar-refractivity contribution in [3.63, 3.8) is 0 Å². The van der Waals surface area contributed by atoms with E-state index in [1.165, 1.54) is 36.5 Å². The molecule has 1 atom stereocenters. The minimum Gasteiger partial charge on any atom is -0.378 e. The van der Waals surface area contributed by atoms with Crippen LogP contribution in [0.15, 0.2) is 106 Å². The van der Waals surface area contributed by atoms with Crippen molar-refractivity contribution in [2.45, 2.75) is 43.0 Å². The Hall–Kier alpha value is -4.06. The molecule has 4 aromatic rings. The van der Waals surface area contributed by atoms with Gasteiger partial charge >= 0.3 is 10.1 Å². The minimum atomic E-state index is -4.17. The summed E-state index contributed by atoms with van der Waals surface area (Å²) in [4.78, 5) is 13.0. The highest BCUT2D eigenvalue weighted by Crippen LogP contribution is 2.24. The van der Waals surface area contributed by atoms with E-state index in [0.29, 0.717) is 0 Å². The Bertz CT molecular complexity index is 1780. The van der Waals surface area contributed by atoms with Crippen LogP contribution in [0.5, 0.6) is 5.75 Å². The van der Waals surface area contributed by atoms with E-state index in [2.05, 4.69) is 15.2 Å². The molecule has 2 N–H and O–H groups in total. The van der Waals surface area contributed by atoms with E-state index in [1.807, 2.05) is 45.0 Å². The van der Waals surface area contributed by atoms with Crippen LogP contribution in [-0.4, -0.2) is 35.0 Å². The lowest BCUT2D eigenvalue weighted by Gasteiger charge is -2.19. The molecule has 4 rings (SSSR count). The molecule has 0 spiro atoms. The highest BCUT2D eigenvalue weighted by atomic mass is 32.2. The number of sulfonamides is 1. The number of aryl methyl sites for hydroxylation is 1. The lowest BCUT2D eigenvalue weighted by Crippen LogP contribution is -2.46. The quantitative estimate of drug-likeness (QED) is 0.147. The number of hydrazone groups is 1. The molecule has 0 aliphatic carbocycles. The van der Waals surface area contributed by atoms with E-state index in [4.69, 9.17) is 4.18 Å². The number of rotatable bonds is 11. The largest absolute Gasteiger partial charge is 0.378 e. The topological polar surface area (TPSA) is 131 Å². The Morgan fingerprint density at radius 1 is 0.854 bits per heavy atom. The number of hydrogen-bond donors (Lipinski definition) is 2. The van der Waals surface area contributed by atoms with Gasteiger partial charge in [-0.15, -0.1) is 0 Å². The highest BCUT2D eigenvalue weighted by Gasteiger charge is 2.26. The number of hydrogen-bond acceptors (Lipinski definition) is 7. The van der Waals surface area contributed by atoms with Gasteiger partial charge in [-0.2, -0.15) is 18.2 Å². The van der Waals surface area contributed by atoms with E-state index in [1.54, 1.807) is 36.4 Å². The van der Waals surface area contributed by atoms with E-state index in [9.17, 15) is 21.6 Å². The first-order valence-electron chi connectivity index (χ1n) is 12.9. The molecular formula is C30H31N3O6S2. The lowest BCUT2D eigenvalue weighted by molar-refractivity contribution is -0.123. The van der Waals surface area contributed by atoms with Gasteiger partial charge in [-0.3, -0.25) is 4.79 Å². The van der Waals surface area contributed by atoms with Gasteiger partial charge in [-0.25, -0.2) is 13.8 Å². The molecule has 1 amide bonds. The molecule has 214 valence electrons. The first kappa shape index (κ1) is 29.9. The van der Waals surface area contributed by atoms with E-state index < -0.39 is 32.1 Å². The summed E-state index contributed by atoms with van der Waals surface area (Å²) in [5.74, 6) is -0.643. The molecule has 9 nitrogen and oxygen atoms in total. The Balaban J connectivity index is 1.49. The van der Waals surface area contributed by atoms with E-state index in [-0.39, 0.29) is 33.4 Å². The third kappa shape index (κ3) is 7.78. The van der Waals surface area contributed by atoms with Crippen LogP contribution >= 0.6 is 0 Å². The van der Waals surface area contributed by atoms with Crippen LogP contribution in [0, 0.1) is 12.8 Å². The molecule has 4 aromatic carbocycles. The van der Waals surface area contributed by atoms with Crippen LogP contribution < -0.4 is 14.3 Å². The molecule has 0 unspecified atom stereocenters. The standard InChI is InChI=1S/C30H31N3O6S2/c1-21(2)18-28(33-40(35,36)26-15-12-22(3)13-16-26)30(34)32-31-20-25-10-6-7-11-29(25)39-41(37,38)27-17-14-23-8-4-5-9-24(23)19-27/h4-17,19-21,28,33H,18H2,1-3H3,(H,32,34)/b31-20-/t28-/m1/s1. The van der Waals surface area contributed by atoms with Crippen molar-refractivity contribution in [2.24, 2.45) is 11.0 Å². The third-order valence-corrected chi connectivity index (χ3v) is 8.88. The second-order valence-corrected chi connectivity index (χ2v) is 13.2. The van der Waals surface area contributed by atoms with Gasteiger partial charge in [0.1, 0.15) is 10.9 Å². The molecule has 0 saturated carbocycles. The number of carbonyl (C=O) groups is 1. The Morgan fingerprint density at radius 3 is 2.20 bits per heavy atom. The normalized spacial score (nSPS) is 13.0. The maximum Gasteiger partial charge on any atom is 0.339 e. The molecule has 0 heterocycles. The summed E-state index contributed by atoms with van der Waals surface area (Å²) >= 11 is 0. The summed E-state index contributed by atoms with van der Waals surface area (Å²) in [6.45, 7) is 5.58. The van der Waals surface area contributed by atoms with Gasteiger partial charge in [0.2, 0.25) is 10.0 Å². The van der Waals surface area contributed by atoms with Crippen LogP contribution in [0.25, 0.3) is 10.8 Å². The Morgan fingerprint density at radius 2 is 1.49 bits per heavy atom. The number of amides is 1. The highest BCUT2D eigenvalue weighted by molar-refractivity contribution is 7.89. The zero-order valence-corrected chi connectivity index (χ0v) is 24.4. The molecule has 0 aromatic heterocycles. The number of benzene rings is 4. The summed E-state index contributed by atoms with van der Waals surface area (Å²) in [6, 6.07) is 23.6. The summed E-state index contributed by atoms with van der Waals surface area (Å²) in [5, 5.41) is 5.60. The minimum absolute atomic E-state index is 0.00452. The number of para-hydroxylation sites is 1. The maximum absolute atomic E-state index is 13.0. The van der Waals surface area contributed by atoms with Crippen molar-refractivity contribution in [3.05, 3.63) is 102 Å². The third-order valence-electron chi connectivity index (χ3n) is 6.16. The van der Waals surface area contributed by atoms with Crippen LogP contribution in [0.2, 0.25) is 0 Å². The van der Waals surface area contributed by atoms with Gasteiger partial charge < -0.3 is 4.18 Å². The van der Waals surface area contributed by atoms with Gasteiger partial charge in [0.25, 0.3) is 5.91 Å². The van der Waals surface area contributed by atoms with E-state index >= 15 is 0 Å². The van der Waals surface area contributed by atoms with Crippen molar-refractivity contribution in [1.29, 1.82) is 0 Å². The van der Waals surface area contributed by atoms with Crippen molar-refractivity contribution < 1.29 is 25.8 Å². The van der Waals surface area contributed by atoms with Crippen LogP contribution in [0.4, 0.5) is 0 Å². The van der Waals surface area contributed by atoms with Crippen molar-refractivity contribution in [1.82, 2.24) is 10.1 Å². The molecule has 0 saturated heterocycles. The van der Waals surface area contributed by atoms with Crippen molar-refractivity contribution in [2.75, 3.05) is 0 Å². The fraction of sp³-hybridized carbons (Fsp3) is 0.200. The van der Waals surface area contributed by atoms with Gasteiger partial charge in [-0.1, -0.05) is 74.0 Å². The zero-order chi connectivity index (χ0) is 29.6. The summed E-state index contributed by atoms with van der Waals surface area (Å²) < 4.78 is 59.8. The first-order valence-corrected chi connectivity index (χ1v) is 15.8. The molecule has 41 heavy (non-hydrogen) atoms. The second-order valence-electron chi connectivity index (χ2n) is 9.93. The SMILES string of the molecule is Cc1ccc(S(=O)(=O)N[C@H](CC(C)C)C(=O)N/N=C\c2ccccc2OS(=O)(=O)c2ccc3ccccc3c2)cc1. The van der Waals surface area contributed by atoms with Gasteiger partial charge in [0, 0.05) is 5.56 Å². The molecule has 0 aliphatic rings. The summed E-state index contributed by atoms with van der Waals surface area (Å²) in [7, 11) is -8.13. The molecule has 0 fully saturated rings. The smallest absolute Gasteiger partial charge is 0.339 e. The van der Waals surface area contributed by atoms with Gasteiger partial charge in [0.05, 0.1) is 11.1 Å². The Kier molecular flexibility index (Phi) is 9.21. The molecule has 0 radical (unpaired) electrons. The Labute approximate surface area is 240 Å². The van der Waals surface area contributed by atoms with Crippen LogP contribution in [0.3, 0.4) is 0 Å². The van der Waals surface area contributed by atoms with Crippen molar-refractivity contribution in [3.8, 4) is 5.75 Å². The number of nitrogens with zero attached hydrogens (tertiary/aromatic N) is 1. The predicted molar refractivity (Wildman–Crippen MR) is 159 cm³/mol. The number of fused-ring (bicyclic) bond motifs is 1. The molecule has 0 aliphatic heterocycles. The van der Waals surface area contributed by atoms with Gasteiger partial charge in [0.15, 0.2) is 5.75 Å². The second kappa shape index (κ2) is 12.6. The fourth-order valence-electron chi connectivity index (χ4n) is 4.05. The predicted octanol–water partition coefficient (Wildman–Crippen LogP) is 4.76. The van der Waals surface area contributed by atoms with Gasteiger partial charge in [-0.05, 0) is 66.4 Å². The maximum atomic E-state index is 13.0. The molecule has 0 bridgehead atoms. The number of nitrogens with one attached hydrogen (secondary N) is 2. The van der Waals surface area contributed by atoms with Crippen LogP contribution in [0.1, 0.15) is 31.4 Å². The van der Waals surface area contributed by atoms with Crippen molar-refractivity contribution >= 4 is 43.0 Å². The van der Waals surface area contributed by atoms with E-state index in [0.717, 1.165) is 16.3 Å². The molecular weight excluding hydrogens is 562 g/mol. The lowest BCUT2D eigenvalue weighted by atomic mass is 10.0. The monoisotopic (exact) mass is 593 g/mol. The summed E-state index contributed by atoms with van der Waals surface area (Å²) in [5.41, 5.74) is 3.56.